The average Bonchev–Trinajstić information content (AvgIpc) is 3.49. The van der Waals surface area contributed by atoms with Crippen LogP contribution in [-0.4, -0.2) is 30.6 Å². The van der Waals surface area contributed by atoms with Crippen molar-refractivity contribution in [2.75, 3.05) is 19.5 Å². The van der Waals surface area contributed by atoms with Gasteiger partial charge in [-0.15, -0.1) is 0 Å². The Morgan fingerprint density at radius 1 is 1.04 bits per heavy atom. The van der Waals surface area contributed by atoms with Gasteiger partial charge in [-0.2, -0.15) is 0 Å². The Labute approximate surface area is 163 Å². The molecule has 6 nitrogen and oxygen atoms in total. The van der Waals surface area contributed by atoms with Crippen LogP contribution >= 0.6 is 0 Å². The SMILES string of the molecule is COc1cccc(OC)c1C(=O)n1c(C)cc2cc(NC(=O)C3CC3)ccc21. The number of amides is 1. The van der Waals surface area contributed by atoms with E-state index in [0.717, 1.165) is 35.1 Å². The number of carbonyl (C=O) groups is 2. The zero-order valence-corrected chi connectivity index (χ0v) is 16.1. The van der Waals surface area contributed by atoms with E-state index in [2.05, 4.69) is 5.32 Å². The van der Waals surface area contributed by atoms with E-state index in [1.807, 2.05) is 31.2 Å². The van der Waals surface area contributed by atoms with Gasteiger partial charge in [0.2, 0.25) is 5.91 Å². The molecule has 1 heterocycles. The van der Waals surface area contributed by atoms with Gasteiger partial charge < -0.3 is 14.8 Å². The molecule has 1 saturated carbocycles. The molecule has 0 atom stereocenters. The number of hydrogen-bond acceptors (Lipinski definition) is 4. The smallest absolute Gasteiger partial charge is 0.270 e. The summed E-state index contributed by atoms with van der Waals surface area (Å²) in [6, 6.07) is 12.8. The minimum atomic E-state index is -0.225. The van der Waals surface area contributed by atoms with Crippen molar-refractivity contribution in [2.24, 2.45) is 5.92 Å². The lowest BCUT2D eigenvalue weighted by atomic mass is 10.1. The molecule has 1 fully saturated rings. The van der Waals surface area contributed by atoms with Crippen molar-refractivity contribution in [3.05, 3.63) is 53.7 Å². The summed E-state index contributed by atoms with van der Waals surface area (Å²) in [5.41, 5.74) is 2.67. The number of methoxy groups -OCH3 is 2. The lowest BCUT2D eigenvalue weighted by Gasteiger charge is -2.14. The molecule has 1 amide bonds. The molecule has 0 radical (unpaired) electrons. The van der Waals surface area contributed by atoms with Crippen LogP contribution in [0.1, 0.15) is 28.9 Å². The predicted octanol–water partition coefficient (Wildman–Crippen LogP) is 4.00. The summed E-state index contributed by atoms with van der Waals surface area (Å²) < 4.78 is 12.4. The van der Waals surface area contributed by atoms with Gasteiger partial charge in [-0.05, 0) is 56.2 Å². The van der Waals surface area contributed by atoms with E-state index in [-0.39, 0.29) is 17.7 Å². The molecule has 0 unspecified atom stereocenters. The first-order chi connectivity index (χ1) is 13.5. The molecule has 28 heavy (non-hydrogen) atoms. The Balaban J connectivity index is 1.76. The third-order valence-corrected chi connectivity index (χ3v) is 5.05. The van der Waals surface area contributed by atoms with Gasteiger partial charge >= 0.3 is 0 Å². The summed E-state index contributed by atoms with van der Waals surface area (Å²) in [5, 5.41) is 3.83. The fourth-order valence-electron chi connectivity index (χ4n) is 3.46. The Morgan fingerprint density at radius 3 is 2.32 bits per heavy atom. The molecule has 0 saturated heterocycles. The highest BCUT2D eigenvalue weighted by molar-refractivity contribution is 6.07. The maximum Gasteiger partial charge on any atom is 0.270 e. The zero-order valence-electron chi connectivity index (χ0n) is 16.1. The van der Waals surface area contributed by atoms with E-state index < -0.39 is 0 Å². The number of ether oxygens (including phenoxy) is 2. The van der Waals surface area contributed by atoms with Gasteiger partial charge in [-0.1, -0.05) is 6.07 Å². The number of rotatable bonds is 5. The van der Waals surface area contributed by atoms with Gasteiger partial charge in [0.05, 0.1) is 19.7 Å². The number of nitrogens with zero attached hydrogens (tertiary/aromatic N) is 1. The summed E-state index contributed by atoms with van der Waals surface area (Å²) in [5.74, 6) is 0.890. The summed E-state index contributed by atoms with van der Waals surface area (Å²) >= 11 is 0. The highest BCUT2D eigenvalue weighted by atomic mass is 16.5. The molecule has 144 valence electrons. The number of aromatic nitrogens is 1. The lowest BCUT2D eigenvalue weighted by Crippen LogP contribution is -2.16. The molecular weight excluding hydrogens is 356 g/mol. The monoisotopic (exact) mass is 378 g/mol. The first kappa shape index (κ1) is 18.1. The van der Waals surface area contributed by atoms with Gasteiger partial charge in [0.1, 0.15) is 17.1 Å². The predicted molar refractivity (Wildman–Crippen MR) is 107 cm³/mol. The van der Waals surface area contributed by atoms with E-state index in [1.165, 1.54) is 14.2 Å². The van der Waals surface area contributed by atoms with Crippen LogP contribution in [0.15, 0.2) is 42.5 Å². The third-order valence-electron chi connectivity index (χ3n) is 5.05. The number of carbonyl (C=O) groups excluding carboxylic acids is 2. The van der Waals surface area contributed by atoms with Gasteiger partial charge in [0, 0.05) is 22.7 Å². The largest absolute Gasteiger partial charge is 0.496 e. The van der Waals surface area contributed by atoms with E-state index in [4.69, 9.17) is 9.47 Å². The molecule has 1 aromatic heterocycles. The van der Waals surface area contributed by atoms with Crippen LogP contribution in [0.3, 0.4) is 0 Å². The first-order valence-corrected chi connectivity index (χ1v) is 9.22. The highest BCUT2D eigenvalue weighted by Gasteiger charge is 2.29. The van der Waals surface area contributed by atoms with Crippen LogP contribution in [-0.2, 0) is 4.79 Å². The standard InChI is InChI=1S/C22H22N2O4/c1-13-11-15-12-16(23-21(25)14-7-8-14)9-10-17(15)24(13)22(26)20-18(27-2)5-4-6-19(20)28-3/h4-6,9-12,14H,7-8H2,1-3H3,(H,23,25). The number of fused-ring (bicyclic) bond motifs is 1. The minimum absolute atomic E-state index is 0.0605. The topological polar surface area (TPSA) is 69.6 Å². The molecule has 1 aliphatic rings. The van der Waals surface area contributed by atoms with Crippen molar-refractivity contribution in [1.29, 1.82) is 0 Å². The molecule has 0 bridgehead atoms. The van der Waals surface area contributed by atoms with E-state index in [9.17, 15) is 9.59 Å². The number of benzene rings is 2. The van der Waals surface area contributed by atoms with Gasteiger partial charge in [-0.25, -0.2) is 0 Å². The number of aryl methyl sites for hydroxylation is 1. The van der Waals surface area contributed by atoms with Crippen LogP contribution in [0, 0.1) is 12.8 Å². The Hall–Kier alpha value is -3.28. The second-order valence-electron chi connectivity index (χ2n) is 7.00. The second kappa shape index (κ2) is 7.03. The summed E-state index contributed by atoms with van der Waals surface area (Å²) in [6.45, 7) is 1.88. The molecule has 3 aromatic rings. The fourth-order valence-corrected chi connectivity index (χ4v) is 3.46. The van der Waals surface area contributed by atoms with Crippen LogP contribution in [0.4, 0.5) is 5.69 Å². The Kier molecular flexibility index (Phi) is 4.55. The van der Waals surface area contributed by atoms with Crippen molar-refractivity contribution < 1.29 is 19.1 Å². The maximum absolute atomic E-state index is 13.4. The minimum Gasteiger partial charge on any atom is -0.496 e. The number of nitrogens with one attached hydrogen (secondary N) is 1. The Morgan fingerprint density at radius 2 is 1.71 bits per heavy atom. The molecule has 2 aromatic carbocycles. The van der Waals surface area contributed by atoms with Crippen molar-refractivity contribution in [3.63, 3.8) is 0 Å². The summed E-state index contributed by atoms with van der Waals surface area (Å²) in [7, 11) is 3.06. The zero-order chi connectivity index (χ0) is 19.8. The van der Waals surface area contributed by atoms with Crippen molar-refractivity contribution in [2.45, 2.75) is 19.8 Å². The first-order valence-electron chi connectivity index (χ1n) is 9.22. The highest BCUT2D eigenvalue weighted by Crippen LogP contribution is 2.33. The molecule has 4 rings (SSSR count). The second-order valence-corrected chi connectivity index (χ2v) is 7.00. The van der Waals surface area contributed by atoms with E-state index >= 15 is 0 Å². The van der Waals surface area contributed by atoms with Crippen LogP contribution in [0.25, 0.3) is 10.9 Å². The van der Waals surface area contributed by atoms with E-state index in [0.29, 0.717) is 17.1 Å². The third kappa shape index (κ3) is 3.11. The fraction of sp³-hybridized carbons (Fsp3) is 0.273. The van der Waals surface area contributed by atoms with Crippen LogP contribution < -0.4 is 14.8 Å². The van der Waals surface area contributed by atoms with Gasteiger partial charge in [-0.3, -0.25) is 14.2 Å². The van der Waals surface area contributed by atoms with Gasteiger partial charge in [0.25, 0.3) is 5.91 Å². The number of anilines is 1. The maximum atomic E-state index is 13.4. The van der Waals surface area contributed by atoms with Crippen molar-refractivity contribution in [3.8, 4) is 11.5 Å². The quantitative estimate of drug-likeness (QED) is 0.728. The van der Waals surface area contributed by atoms with Crippen LogP contribution in [0.5, 0.6) is 11.5 Å². The van der Waals surface area contributed by atoms with Crippen molar-refractivity contribution in [1.82, 2.24) is 4.57 Å². The average molecular weight is 378 g/mol. The molecule has 6 heteroatoms. The molecule has 1 aliphatic carbocycles. The molecule has 0 aliphatic heterocycles. The van der Waals surface area contributed by atoms with Crippen LogP contribution in [0.2, 0.25) is 0 Å². The summed E-state index contributed by atoms with van der Waals surface area (Å²) in [6.07, 6.45) is 1.91. The van der Waals surface area contributed by atoms with Crippen molar-refractivity contribution >= 4 is 28.4 Å². The molecule has 0 spiro atoms. The lowest BCUT2D eigenvalue weighted by molar-refractivity contribution is -0.117. The Bertz CT molecular complexity index is 1060. The van der Waals surface area contributed by atoms with Gasteiger partial charge in [0.15, 0.2) is 0 Å². The summed E-state index contributed by atoms with van der Waals surface area (Å²) in [4.78, 5) is 25.4. The number of hydrogen-bond donors (Lipinski definition) is 1. The van der Waals surface area contributed by atoms with E-state index in [1.54, 1.807) is 22.8 Å². The molecule has 1 N–H and O–H groups in total. The molecular formula is C22H22N2O4. The normalized spacial score (nSPS) is 13.4.